The Labute approximate surface area is 164 Å². The molecule has 12 nitrogen and oxygen atoms in total. The zero-order chi connectivity index (χ0) is 21.0. The van der Waals surface area contributed by atoms with Crippen molar-refractivity contribution in [1.29, 1.82) is 0 Å². The predicted octanol–water partition coefficient (Wildman–Crippen LogP) is -0.902. The summed E-state index contributed by atoms with van der Waals surface area (Å²) >= 11 is 0. The van der Waals surface area contributed by atoms with Gasteiger partial charge in [-0.3, -0.25) is 9.59 Å². The van der Waals surface area contributed by atoms with E-state index < -0.39 is 24.4 Å². The Morgan fingerprint density at radius 1 is 1.34 bits per heavy atom. The summed E-state index contributed by atoms with van der Waals surface area (Å²) in [5.41, 5.74) is 1.23. The summed E-state index contributed by atoms with van der Waals surface area (Å²) in [5, 5.41) is 32.3. The van der Waals surface area contributed by atoms with Crippen molar-refractivity contribution in [1.82, 2.24) is 25.1 Å². The number of carbonyl (C=O) groups is 3. The first-order chi connectivity index (χ1) is 13.9. The maximum absolute atomic E-state index is 12.6. The van der Waals surface area contributed by atoms with Crippen LogP contribution in [0.3, 0.4) is 0 Å². The number of anilines is 1. The maximum atomic E-state index is 12.6. The number of methoxy groups -OCH3 is 1. The van der Waals surface area contributed by atoms with E-state index in [4.69, 9.17) is 14.9 Å². The van der Waals surface area contributed by atoms with E-state index in [9.17, 15) is 14.4 Å². The molecule has 152 valence electrons. The SMILES string of the molecule is COC(=O)C1=C(Nc2cccc(-c3nnn(CC(=O)O)n3)c2)C(=O)N(CCO)C1. The zero-order valence-corrected chi connectivity index (χ0v) is 15.4. The van der Waals surface area contributed by atoms with Crippen LogP contribution in [-0.4, -0.2) is 80.0 Å². The second-order valence-electron chi connectivity index (χ2n) is 6.04. The van der Waals surface area contributed by atoms with Crippen LogP contribution in [0.4, 0.5) is 5.69 Å². The van der Waals surface area contributed by atoms with Gasteiger partial charge in [-0.25, -0.2) is 4.79 Å². The monoisotopic (exact) mass is 402 g/mol. The average Bonchev–Trinajstić information content (AvgIpc) is 3.27. The summed E-state index contributed by atoms with van der Waals surface area (Å²) in [6.07, 6.45) is 0. The van der Waals surface area contributed by atoms with Crippen molar-refractivity contribution in [3.05, 3.63) is 35.5 Å². The van der Waals surface area contributed by atoms with Gasteiger partial charge in [0, 0.05) is 17.8 Å². The number of carbonyl (C=O) groups excluding carboxylic acids is 2. The number of amides is 1. The molecule has 12 heteroatoms. The van der Waals surface area contributed by atoms with Crippen LogP contribution in [0.5, 0.6) is 0 Å². The Morgan fingerprint density at radius 3 is 2.83 bits per heavy atom. The summed E-state index contributed by atoms with van der Waals surface area (Å²) in [5.74, 6) is -1.97. The van der Waals surface area contributed by atoms with Crippen LogP contribution in [0.25, 0.3) is 11.4 Å². The standard InChI is InChI=1S/C17H18N6O6/c1-29-17(28)12-8-22(5-6-24)16(27)14(12)18-11-4-2-3-10(7-11)15-19-21-23(20-15)9-13(25)26/h2-4,7,18,24H,5-6,8-9H2,1H3,(H,25,26). The van der Waals surface area contributed by atoms with Crippen molar-refractivity contribution in [2.75, 3.05) is 32.1 Å². The zero-order valence-electron chi connectivity index (χ0n) is 15.4. The lowest BCUT2D eigenvalue weighted by Crippen LogP contribution is -2.31. The third-order valence-electron chi connectivity index (χ3n) is 4.07. The molecule has 1 amide bonds. The fourth-order valence-corrected chi connectivity index (χ4v) is 2.78. The topological polar surface area (TPSA) is 160 Å². The van der Waals surface area contributed by atoms with Gasteiger partial charge in [0.1, 0.15) is 5.70 Å². The first-order valence-corrected chi connectivity index (χ1v) is 8.51. The molecule has 2 heterocycles. The van der Waals surface area contributed by atoms with Gasteiger partial charge in [-0.15, -0.1) is 10.2 Å². The van der Waals surface area contributed by atoms with Crippen LogP contribution in [0.1, 0.15) is 0 Å². The first kappa shape index (κ1) is 19.9. The van der Waals surface area contributed by atoms with Crippen molar-refractivity contribution in [3.63, 3.8) is 0 Å². The molecule has 3 rings (SSSR count). The number of hydrogen-bond acceptors (Lipinski definition) is 9. The molecule has 0 fully saturated rings. The minimum atomic E-state index is -1.10. The molecule has 1 aliphatic rings. The number of aliphatic carboxylic acids is 1. The number of aliphatic hydroxyl groups is 1. The van der Waals surface area contributed by atoms with E-state index >= 15 is 0 Å². The number of nitrogens with one attached hydrogen (secondary N) is 1. The number of benzene rings is 1. The van der Waals surface area contributed by atoms with Crippen molar-refractivity contribution < 1.29 is 29.3 Å². The van der Waals surface area contributed by atoms with E-state index in [0.717, 1.165) is 4.80 Å². The maximum Gasteiger partial charge on any atom is 0.337 e. The van der Waals surface area contributed by atoms with Crippen molar-refractivity contribution >= 4 is 23.5 Å². The Hall–Kier alpha value is -3.80. The number of nitrogens with zero attached hydrogens (tertiary/aromatic N) is 5. The number of hydrogen-bond donors (Lipinski definition) is 3. The molecule has 0 spiro atoms. The molecule has 0 bridgehead atoms. The molecule has 3 N–H and O–H groups in total. The molecule has 0 saturated carbocycles. The Balaban J connectivity index is 1.86. The predicted molar refractivity (Wildman–Crippen MR) is 97.2 cm³/mol. The summed E-state index contributed by atoms with van der Waals surface area (Å²) in [4.78, 5) is 37.7. The fraction of sp³-hybridized carbons (Fsp3) is 0.294. The third-order valence-corrected chi connectivity index (χ3v) is 4.07. The molecule has 1 aromatic heterocycles. The van der Waals surface area contributed by atoms with Crippen LogP contribution >= 0.6 is 0 Å². The van der Waals surface area contributed by atoms with Gasteiger partial charge in [0.05, 0.1) is 25.8 Å². The Kier molecular flexibility index (Phi) is 5.83. The van der Waals surface area contributed by atoms with Gasteiger partial charge in [0.15, 0.2) is 6.54 Å². The number of tetrazole rings is 1. The largest absolute Gasteiger partial charge is 0.480 e. The summed E-state index contributed by atoms with van der Waals surface area (Å²) in [6, 6.07) is 6.68. The van der Waals surface area contributed by atoms with Gasteiger partial charge in [-0.2, -0.15) is 4.80 Å². The molecule has 0 aliphatic carbocycles. The van der Waals surface area contributed by atoms with Gasteiger partial charge >= 0.3 is 11.9 Å². The number of carboxylic acid groups (broad SMARTS) is 1. The lowest BCUT2D eigenvalue weighted by Gasteiger charge is -2.15. The van der Waals surface area contributed by atoms with Gasteiger partial charge in [-0.05, 0) is 17.3 Å². The fourth-order valence-electron chi connectivity index (χ4n) is 2.78. The first-order valence-electron chi connectivity index (χ1n) is 8.51. The van der Waals surface area contributed by atoms with Crippen molar-refractivity contribution in [2.45, 2.75) is 6.54 Å². The molecule has 2 aromatic rings. The van der Waals surface area contributed by atoms with Crippen LogP contribution in [0.2, 0.25) is 0 Å². The molecule has 1 aliphatic heterocycles. The second-order valence-corrected chi connectivity index (χ2v) is 6.04. The van der Waals surface area contributed by atoms with E-state index in [1.165, 1.54) is 12.0 Å². The highest BCUT2D eigenvalue weighted by atomic mass is 16.5. The second kappa shape index (κ2) is 8.48. The van der Waals surface area contributed by atoms with E-state index in [1.807, 2.05) is 0 Å². The molecule has 0 radical (unpaired) electrons. The number of aromatic nitrogens is 4. The van der Waals surface area contributed by atoms with Gasteiger partial charge in [-0.1, -0.05) is 12.1 Å². The summed E-state index contributed by atoms with van der Waals surface area (Å²) < 4.78 is 4.75. The highest BCUT2D eigenvalue weighted by Gasteiger charge is 2.34. The van der Waals surface area contributed by atoms with Crippen LogP contribution in [0, 0.1) is 0 Å². The highest BCUT2D eigenvalue weighted by molar-refractivity contribution is 6.08. The summed E-state index contributed by atoms with van der Waals surface area (Å²) in [7, 11) is 1.22. The average molecular weight is 402 g/mol. The molecular formula is C17H18N6O6. The quantitative estimate of drug-likeness (QED) is 0.472. The Bertz CT molecular complexity index is 984. The van der Waals surface area contributed by atoms with Gasteiger partial charge < -0.3 is 25.2 Å². The highest BCUT2D eigenvalue weighted by Crippen LogP contribution is 2.25. The molecule has 1 aromatic carbocycles. The van der Waals surface area contributed by atoms with E-state index in [2.05, 4.69) is 20.7 Å². The molecule has 0 unspecified atom stereocenters. The lowest BCUT2D eigenvalue weighted by molar-refractivity contribution is -0.138. The molecule has 0 saturated heterocycles. The van der Waals surface area contributed by atoms with Crippen molar-refractivity contribution in [2.24, 2.45) is 0 Å². The smallest absolute Gasteiger partial charge is 0.337 e. The van der Waals surface area contributed by atoms with Crippen molar-refractivity contribution in [3.8, 4) is 11.4 Å². The lowest BCUT2D eigenvalue weighted by atomic mass is 10.1. The molecule has 29 heavy (non-hydrogen) atoms. The van der Waals surface area contributed by atoms with Crippen LogP contribution < -0.4 is 5.32 Å². The summed E-state index contributed by atoms with van der Waals surface area (Å²) in [6.45, 7) is -0.545. The van der Waals surface area contributed by atoms with E-state index in [1.54, 1.807) is 24.3 Å². The van der Waals surface area contributed by atoms with Crippen LogP contribution in [-0.2, 0) is 25.7 Å². The minimum absolute atomic E-state index is 0.0269. The Morgan fingerprint density at radius 2 is 2.14 bits per heavy atom. The number of rotatable bonds is 8. The third kappa shape index (κ3) is 4.38. The molecule has 0 atom stereocenters. The molecular weight excluding hydrogens is 384 g/mol. The number of ether oxygens (including phenoxy) is 1. The number of carboxylic acids is 1. The van der Waals surface area contributed by atoms with E-state index in [0.29, 0.717) is 11.3 Å². The van der Waals surface area contributed by atoms with Gasteiger partial charge in [0.25, 0.3) is 5.91 Å². The number of aliphatic hydroxyl groups excluding tert-OH is 1. The van der Waals surface area contributed by atoms with E-state index in [-0.39, 0.29) is 36.8 Å². The number of esters is 1. The minimum Gasteiger partial charge on any atom is -0.480 e. The van der Waals surface area contributed by atoms with Crippen LogP contribution in [0.15, 0.2) is 35.5 Å². The van der Waals surface area contributed by atoms with Gasteiger partial charge in [0.2, 0.25) is 5.82 Å². The number of β-amino-alcohol motifs (C(OH)–C–C–N with tert-alkyl or cyclic N) is 1. The normalized spacial score (nSPS) is 13.7.